The van der Waals surface area contributed by atoms with Gasteiger partial charge in [0, 0.05) is 12.4 Å². The lowest BCUT2D eigenvalue weighted by molar-refractivity contribution is 0.0521. The third-order valence-electron chi connectivity index (χ3n) is 1.86. The Hall–Kier alpha value is -1.72. The molecule has 0 aliphatic rings. The molecule has 1 heterocycles. The van der Waals surface area contributed by atoms with Crippen molar-refractivity contribution < 1.29 is 23.0 Å². The Labute approximate surface area is 91.2 Å². The first kappa shape index (κ1) is 12.4. The average molecular weight is 231 g/mol. The van der Waals surface area contributed by atoms with Crippen LogP contribution in [-0.4, -0.2) is 24.7 Å². The van der Waals surface area contributed by atoms with Crippen LogP contribution in [0.25, 0.3) is 0 Å². The molecule has 0 aliphatic heterocycles. The van der Waals surface area contributed by atoms with Crippen LogP contribution >= 0.6 is 0 Å². The number of alkyl halides is 2. The number of ether oxygens (including phenoxy) is 2. The molecule has 0 aromatic carbocycles. The topological polar surface area (TPSA) is 48.4 Å². The summed E-state index contributed by atoms with van der Waals surface area (Å²) in [5.41, 5.74) is -0.518. The summed E-state index contributed by atoms with van der Waals surface area (Å²) >= 11 is 0. The Morgan fingerprint density at radius 3 is 2.69 bits per heavy atom. The molecule has 16 heavy (non-hydrogen) atoms. The second-order valence-electron chi connectivity index (χ2n) is 2.83. The zero-order valence-corrected chi connectivity index (χ0v) is 8.87. The molecular weight excluding hydrogens is 220 g/mol. The first-order chi connectivity index (χ1) is 7.61. The van der Waals surface area contributed by atoms with Crippen molar-refractivity contribution in [2.75, 3.05) is 13.7 Å². The number of nitrogens with zero attached hydrogens (tertiary/aromatic N) is 1. The van der Waals surface area contributed by atoms with Gasteiger partial charge in [-0.1, -0.05) is 0 Å². The molecule has 0 saturated carbocycles. The number of carbonyl (C=O) groups excluding carboxylic acids is 1. The van der Waals surface area contributed by atoms with Crippen molar-refractivity contribution in [3.8, 4) is 5.75 Å². The van der Waals surface area contributed by atoms with Crippen LogP contribution in [-0.2, 0) is 4.74 Å². The number of aromatic nitrogens is 1. The van der Waals surface area contributed by atoms with E-state index in [1.165, 1.54) is 7.11 Å². The highest BCUT2D eigenvalue weighted by molar-refractivity contribution is 5.92. The molecule has 4 nitrogen and oxygen atoms in total. The number of methoxy groups -OCH3 is 1. The van der Waals surface area contributed by atoms with E-state index in [1.54, 1.807) is 6.92 Å². The number of pyridine rings is 1. The standard InChI is InChI=1S/C10H11F2NO3/c1-3-16-10(14)7-5-13-4-6(9(11)12)8(7)15-2/h4-5,9H,3H2,1-2H3. The van der Waals surface area contributed by atoms with Gasteiger partial charge in [-0.25, -0.2) is 13.6 Å². The Morgan fingerprint density at radius 1 is 1.50 bits per heavy atom. The van der Waals surface area contributed by atoms with Crippen LogP contribution in [0.3, 0.4) is 0 Å². The average Bonchev–Trinajstić information content (AvgIpc) is 2.28. The van der Waals surface area contributed by atoms with Crippen LogP contribution in [0.5, 0.6) is 5.75 Å². The number of esters is 1. The first-order valence-electron chi connectivity index (χ1n) is 4.59. The maximum atomic E-state index is 12.6. The van der Waals surface area contributed by atoms with Gasteiger partial charge in [0.25, 0.3) is 6.43 Å². The van der Waals surface area contributed by atoms with E-state index in [4.69, 9.17) is 9.47 Å². The molecule has 0 spiro atoms. The number of hydrogen-bond donors (Lipinski definition) is 0. The van der Waals surface area contributed by atoms with Gasteiger partial charge in [0.15, 0.2) is 0 Å². The molecule has 0 fully saturated rings. The van der Waals surface area contributed by atoms with Crippen LogP contribution in [0.2, 0.25) is 0 Å². The minimum atomic E-state index is -2.75. The summed E-state index contributed by atoms with van der Waals surface area (Å²) in [7, 11) is 1.21. The van der Waals surface area contributed by atoms with Gasteiger partial charge >= 0.3 is 5.97 Å². The highest BCUT2D eigenvalue weighted by Gasteiger charge is 2.22. The summed E-state index contributed by atoms with van der Waals surface area (Å²) < 4.78 is 34.6. The lowest BCUT2D eigenvalue weighted by Crippen LogP contribution is -2.09. The highest BCUT2D eigenvalue weighted by Crippen LogP contribution is 2.31. The van der Waals surface area contributed by atoms with Gasteiger partial charge in [0.2, 0.25) is 0 Å². The minimum Gasteiger partial charge on any atom is -0.495 e. The van der Waals surface area contributed by atoms with Crippen molar-refractivity contribution in [2.45, 2.75) is 13.3 Å². The molecule has 0 aliphatic carbocycles. The van der Waals surface area contributed by atoms with Crippen LogP contribution < -0.4 is 4.74 Å². The normalized spacial score (nSPS) is 10.3. The maximum absolute atomic E-state index is 12.6. The van der Waals surface area contributed by atoms with E-state index in [0.29, 0.717) is 0 Å². The van der Waals surface area contributed by atoms with E-state index < -0.39 is 18.0 Å². The molecule has 1 rings (SSSR count). The molecular formula is C10H11F2NO3. The molecule has 88 valence electrons. The summed E-state index contributed by atoms with van der Waals surface area (Å²) in [6.45, 7) is 1.77. The first-order valence-corrected chi connectivity index (χ1v) is 4.59. The predicted molar refractivity (Wildman–Crippen MR) is 51.7 cm³/mol. The molecule has 0 saturated heterocycles. The van der Waals surface area contributed by atoms with E-state index in [2.05, 4.69) is 4.98 Å². The Balaban J connectivity index is 3.18. The molecule has 6 heteroatoms. The Bertz CT molecular complexity index is 382. The van der Waals surface area contributed by atoms with E-state index in [9.17, 15) is 13.6 Å². The fourth-order valence-electron chi connectivity index (χ4n) is 1.20. The van der Waals surface area contributed by atoms with Crippen LogP contribution in [0.1, 0.15) is 29.3 Å². The van der Waals surface area contributed by atoms with Crippen LogP contribution in [0.15, 0.2) is 12.4 Å². The van der Waals surface area contributed by atoms with Crippen molar-refractivity contribution in [1.29, 1.82) is 0 Å². The largest absolute Gasteiger partial charge is 0.495 e. The molecule has 1 aromatic heterocycles. The van der Waals surface area contributed by atoms with Gasteiger partial charge in [0.1, 0.15) is 11.3 Å². The summed E-state index contributed by atoms with van der Waals surface area (Å²) in [5, 5.41) is 0. The van der Waals surface area contributed by atoms with Gasteiger partial charge in [-0.15, -0.1) is 0 Å². The molecule has 0 atom stereocenters. The lowest BCUT2D eigenvalue weighted by atomic mass is 10.2. The lowest BCUT2D eigenvalue weighted by Gasteiger charge is -2.11. The molecule has 0 unspecified atom stereocenters. The van der Waals surface area contributed by atoms with Crippen molar-refractivity contribution in [2.24, 2.45) is 0 Å². The van der Waals surface area contributed by atoms with E-state index in [1.807, 2.05) is 0 Å². The molecule has 0 N–H and O–H groups in total. The number of hydrogen-bond acceptors (Lipinski definition) is 4. The molecule has 0 amide bonds. The Kier molecular flexibility index (Phi) is 4.16. The van der Waals surface area contributed by atoms with Crippen molar-refractivity contribution >= 4 is 5.97 Å². The van der Waals surface area contributed by atoms with Crippen LogP contribution in [0.4, 0.5) is 8.78 Å². The molecule has 0 radical (unpaired) electrons. The second-order valence-corrected chi connectivity index (χ2v) is 2.83. The Morgan fingerprint density at radius 2 is 2.19 bits per heavy atom. The predicted octanol–water partition coefficient (Wildman–Crippen LogP) is 2.20. The van der Waals surface area contributed by atoms with Gasteiger partial charge < -0.3 is 9.47 Å². The maximum Gasteiger partial charge on any atom is 0.343 e. The number of halogens is 2. The summed E-state index contributed by atoms with van der Waals surface area (Å²) in [6, 6.07) is 0. The smallest absolute Gasteiger partial charge is 0.343 e. The highest BCUT2D eigenvalue weighted by atomic mass is 19.3. The summed E-state index contributed by atoms with van der Waals surface area (Å²) in [4.78, 5) is 15.0. The minimum absolute atomic E-state index is 0.0952. The summed E-state index contributed by atoms with van der Waals surface area (Å²) in [5.74, 6) is -0.919. The van der Waals surface area contributed by atoms with E-state index in [0.717, 1.165) is 12.4 Å². The number of carbonyl (C=O) groups is 1. The van der Waals surface area contributed by atoms with E-state index >= 15 is 0 Å². The SMILES string of the molecule is CCOC(=O)c1cncc(C(F)F)c1OC. The van der Waals surface area contributed by atoms with Crippen molar-refractivity contribution in [3.05, 3.63) is 23.5 Å². The van der Waals surface area contributed by atoms with Crippen molar-refractivity contribution in [1.82, 2.24) is 4.98 Å². The zero-order valence-electron chi connectivity index (χ0n) is 8.87. The van der Waals surface area contributed by atoms with E-state index in [-0.39, 0.29) is 17.9 Å². The summed E-state index contributed by atoms with van der Waals surface area (Å²) in [6.07, 6.45) is -0.647. The third kappa shape index (κ3) is 2.44. The zero-order chi connectivity index (χ0) is 12.1. The monoisotopic (exact) mass is 231 g/mol. The molecule has 0 bridgehead atoms. The van der Waals surface area contributed by atoms with Gasteiger partial charge in [-0.05, 0) is 6.92 Å². The second kappa shape index (κ2) is 5.39. The van der Waals surface area contributed by atoms with Crippen molar-refractivity contribution in [3.63, 3.8) is 0 Å². The fourth-order valence-corrected chi connectivity index (χ4v) is 1.20. The fraction of sp³-hybridized carbons (Fsp3) is 0.400. The quantitative estimate of drug-likeness (QED) is 0.745. The van der Waals surface area contributed by atoms with Gasteiger partial charge in [-0.3, -0.25) is 4.98 Å². The van der Waals surface area contributed by atoms with Gasteiger partial charge in [0.05, 0.1) is 19.3 Å². The number of rotatable bonds is 4. The molecule has 1 aromatic rings. The third-order valence-corrected chi connectivity index (χ3v) is 1.86. The van der Waals surface area contributed by atoms with Crippen LogP contribution in [0, 0.1) is 0 Å². The van der Waals surface area contributed by atoms with Gasteiger partial charge in [-0.2, -0.15) is 0 Å².